The normalized spacial score (nSPS) is 11.6. The number of terminal acetylenes is 1. The van der Waals surface area contributed by atoms with E-state index >= 15 is 0 Å². The third kappa shape index (κ3) is 4.03. The maximum atomic E-state index is 11.8. The molecular weight excluding hydrogens is 250 g/mol. The Morgan fingerprint density at radius 2 is 1.90 bits per heavy atom. The monoisotopic (exact) mass is 273 g/mol. The second-order valence-electron chi connectivity index (χ2n) is 4.84. The first-order valence-corrected chi connectivity index (χ1v) is 7.02. The van der Waals surface area contributed by atoms with Gasteiger partial charge in [0.1, 0.15) is 6.04 Å². The van der Waals surface area contributed by atoms with Crippen molar-refractivity contribution in [3.05, 3.63) is 28.8 Å². The van der Waals surface area contributed by atoms with Crippen LogP contribution in [0.5, 0.6) is 0 Å². The lowest BCUT2D eigenvalue weighted by Gasteiger charge is -2.20. The van der Waals surface area contributed by atoms with Crippen molar-refractivity contribution in [2.75, 3.05) is 11.9 Å². The van der Waals surface area contributed by atoms with E-state index < -0.39 is 6.04 Å². The van der Waals surface area contributed by atoms with E-state index in [9.17, 15) is 4.79 Å². The molecule has 0 aliphatic carbocycles. The third-order valence-corrected chi connectivity index (χ3v) is 3.22. The van der Waals surface area contributed by atoms with Gasteiger partial charge in [-0.2, -0.15) is 0 Å². The Kier molecular flexibility index (Phi) is 6.11. The van der Waals surface area contributed by atoms with Gasteiger partial charge in [-0.05, 0) is 37.8 Å². The molecule has 0 aromatic heterocycles. The van der Waals surface area contributed by atoms with Crippen LogP contribution in [0.3, 0.4) is 0 Å². The summed E-state index contributed by atoms with van der Waals surface area (Å²) in [6.45, 7) is 8.12. The number of nitrogens with one attached hydrogen (secondary N) is 1. The van der Waals surface area contributed by atoms with Crippen molar-refractivity contribution in [1.29, 1.82) is 0 Å². The summed E-state index contributed by atoms with van der Waals surface area (Å²) in [6, 6.07) is 3.89. The van der Waals surface area contributed by atoms with Crippen molar-refractivity contribution in [3.8, 4) is 12.3 Å². The molecule has 0 saturated heterocycles. The quantitative estimate of drug-likeness (QED) is 0.639. The highest BCUT2D eigenvalue weighted by atomic mass is 16.5. The van der Waals surface area contributed by atoms with Crippen LogP contribution in [-0.2, 0) is 22.4 Å². The van der Waals surface area contributed by atoms with E-state index in [1.54, 1.807) is 6.92 Å². The number of ether oxygens (including phenoxy) is 1. The van der Waals surface area contributed by atoms with Gasteiger partial charge in [0, 0.05) is 5.69 Å². The molecule has 0 fully saturated rings. The largest absolute Gasteiger partial charge is 0.451 e. The molecule has 0 heterocycles. The number of carbonyl (C=O) groups is 1. The lowest BCUT2D eigenvalue weighted by atomic mass is 9.99. The number of benzene rings is 1. The number of hydrogen-bond acceptors (Lipinski definition) is 3. The van der Waals surface area contributed by atoms with Crippen molar-refractivity contribution in [2.24, 2.45) is 0 Å². The minimum atomic E-state index is -0.415. The number of hydrogen-bond donors (Lipinski definition) is 1. The van der Waals surface area contributed by atoms with Gasteiger partial charge in [0.05, 0.1) is 0 Å². The topological polar surface area (TPSA) is 38.3 Å². The van der Waals surface area contributed by atoms with Crippen molar-refractivity contribution in [2.45, 2.75) is 46.6 Å². The standard InChI is InChI=1S/C17H23NO2/c1-6-9-20-17(19)13(5)18-16-14(7-2)10-12(4)11-15(16)8-3/h1,10-11,13,18H,7-9H2,2-5H3/t13-/m0/s1. The first kappa shape index (κ1) is 16.1. The van der Waals surface area contributed by atoms with Crippen LogP contribution in [0.2, 0.25) is 0 Å². The number of aryl methyl sites for hydroxylation is 3. The maximum absolute atomic E-state index is 11.8. The Balaban J connectivity index is 2.96. The SMILES string of the molecule is C#CCOC(=O)[C@H](C)Nc1c(CC)cc(C)cc1CC. The van der Waals surface area contributed by atoms with E-state index in [1.165, 1.54) is 16.7 Å². The zero-order chi connectivity index (χ0) is 15.1. The molecule has 0 saturated carbocycles. The number of carbonyl (C=O) groups excluding carboxylic acids is 1. The van der Waals surface area contributed by atoms with Crippen LogP contribution in [-0.4, -0.2) is 18.6 Å². The summed E-state index contributed by atoms with van der Waals surface area (Å²) in [4.78, 5) is 11.8. The average molecular weight is 273 g/mol. The molecule has 3 nitrogen and oxygen atoms in total. The van der Waals surface area contributed by atoms with E-state index in [4.69, 9.17) is 11.2 Å². The van der Waals surface area contributed by atoms with E-state index in [0.29, 0.717) is 0 Å². The Bertz CT molecular complexity index is 489. The number of esters is 1. The maximum Gasteiger partial charge on any atom is 0.329 e. The summed E-state index contributed by atoms with van der Waals surface area (Å²) >= 11 is 0. The summed E-state index contributed by atoms with van der Waals surface area (Å²) in [5.41, 5.74) is 4.73. The van der Waals surface area contributed by atoms with Gasteiger partial charge in [-0.3, -0.25) is 0 Å². The molecular formula is C17H23NO2. The van der Waals surface area contributed by atoms with Crippen molar-refractivity contribution in [3.63, 3.8) is 0 Å². The van der Waals surface area contributed by atoms with Gasteiger partial charge in [0.25, 0.3) is 0 Å². The second kappa shape index (κ2) is 7.59. The number of anilines is 1. The molecule has 0 spiro atoms. The van der Waals surface area contributed by atoms with Crippen LogP contribution in [0.25, 0.3) is 0 Å². The van der Waals surface area contributed by atoms with E-state index in [1.807, 2.05) is 0 Å². The molecule has 0 unspecified atom stereocenters. The molecule has 0 bridgehead atoms. The molecule has 1 N–H and O–H groups in total. The lowest BCUT2D eigenvalue weighted by molar-refractivity contribution is -0.142. The van der Waals surface area contributed by atoms with Crippen LogP contribution < -0.4 is 5.32 Å². The molecule has 3 heteroatoms. The molecule has 20 heavy (non-hydrogen) atoms. The molecule has 1 aromatic rings. The van der Waals surface area contributed by atoms with Gasteiger partial charge in [-0.25, -0.2) is 4.79 Å². The van der Waals surface area contributed by atoms with Gasteiger partial charge in [-0.1, -0.05) is 37.5 Å². The first-order valence-electron chi connectivity index (χ1n) is 7.02. The molecule has 0 aliphatic heterocycles. The highest BCUT2D eigenvalue weighted by molar-refractivity contribution is 5.80. The van der Waals surface area contributed by atoms with Gasteiger partial charge in [-0.15, -0.1) is 6.42 Å². The highest BCUT2D eigenvalue weighted by Gasteiger charge is 2.17. The summed E-state index contributed by atoms with van der Waals surface area (Å²) in [5, 5.41) is 3.27. The summed E-state index contributed by atoms with van der Waals surface area (Å²) in [6.07, 6.45) is 6.93. The molecule has 1 atom stereocenters. The second-order valence-corrected chi connectivity index (χ2v) is 4.84. The predicted molar refractivity (Wildman–Crippen MR) is 82.8 cm³/mol. The van der Waals surface area contributed by atoms with E-state index in [0.717, 1.165) is 18.5 Å². The van der Waals surface area contributed by atoms with Crippen LogP contribution in [0, 0.1) is 19.3 Å². The van der Waals surface area contributed by atoms with E-state index in [2.05, 4.69) is 44.1 Å². The lowest BCUT2D eigenvalue weighted by Crippen LogP contribution is -2.29. The third-order valence-electron chi connectivity index (χ3n) is 3.22. The van der Waals surface area contributed by atoms with Gasteiger partial charge in [0.15, 0.2) is 6.61 Å². The van der Waals surface area contributed by atoms with Gasteiger partial charge >= 0.3 is 5.97 Å². The molecule has 0 radical (unpaired) electrons. The first-order chi connectivity index (χ1) is 9.53. The average Bonchev–Trinajstić information content (AvgIpc) is 2.45. The zero-order valence-corrected chi connectivity index (χ0v) is 12.7. The fourth-order valence-electron chi connectivity index (χ4n) is 2.20. The number of rotatable bonds is 6. The fraction of sp³-hybridized carbons (Fsp3) is 0.471. The summed E-state index contributed by atoms with van der Waals surface area (Å²) < 4.78 is 4.96. The summed E-state index contributed by atoms with van der Waals surface area (Å²) in [5.74, 6) is 1.97. The van der Waals surface area contributed by atoms with Crippen LogP contribution in [0.15, 0.2) is 12.1 Å². The Morgan fingerprint density at radius 3 is 2.35 bits per heavy atom. The van der Waals surface area contributed by atoms with Crippen molar-refractivity contribution >= 4 is 11.7 Å². The molecule has 1 rings (SSSR count). The van der Waals surface area contributed by atoms with Gasteiger partial charge in [0.2, 0.25) is 0 Å². The Labute approximate surface area is 121 Å². The molecule has 0 amide bonds. The van der Waals surface area contributed by atoms with Crippen LogP contribution in [0.1, 0.15) is 37.5 Å². The minimum Gasteiger partial charge on any atom is -0.451 e. The minimum absolute atomic E-state index is 0.0139. The smallest absolute Gasteiger partial charge is 0.329 e. The Morgan fingerprint density at radius 1 is 1.35 bits per heavy atom. The highest BCUT2D eigenvalue weighted by Crippen LogP contribution is 2.25. The zero-order valence-electron chi connectivity index (χ0n) is 12.7. The van der Waals surface area contributed by atoms with Crippen LogP contribution >= 0.6 is 0 Å². The van der Waals surface area contributed by atoms with Gasteiger partial charge < -0.3 is 10.1 Å². The fourth-order valence-corrected chi connectivity index (χ4v) is 2.20. The van der Waals surface area contributed by atoms with Crippen molar-refractivity contribution in [1.82, 2.24) is 0 Å². The molecule has 1 aromatic carbocycles. The molecule has 108 valence electrons. The predicted octanol–water partition coefficient (Wildman–Crippen LogP) is 3.10. The Hall–Kier alpha value is -1.95. The molecule has 0 aliphatic rings. The van der Waals surface area contributed by atoms with Crippen molar-refractivity contribution < 1.29 is 9.53 Å². The van der Waals surface area contributed by atoms with Crippen LogP contribution in [0.4, 0.5) is 5.69 Å². The van der Waals surface area contributed by atoms with E-state index in [-0.39, 0.29) is 12.6 Å². The summed E-state index contributed by atoms with van der Waals surface area (Å²) in [7, 11) is 0.